The zero-order chi connectivity index (χ0) is 17.6. The SMILES string of the molecule is Cc1ccc(F)c(CNC(CNC(=O)OC(C)(C)C)C(C)C)c1. The third-order valence-electron chi connectivity index (χ3n) is 3.43. The van der Waals surface area contributed by atoms with Crippen molar-refractivity contribution < 1.29 is 13.9 Å². The molecular formula is C18H29FN2O2. The number of hydrogen-bond acceptors (Lipinski definition) is 3. The van der Waals surface area contributed by atoms with Gasteiger partial charge in [-0.1, -0.05) is 31.5 Å². The normalized spacial score (nSPS) is 13.0. The summed E-state index contributed by atoms with van der Waals surface area (Å²) in [6, 6.07) is 5.10. The average Bonchev–Trinajstić information content (AvgIpc) is 2.40. The summed E-state index contributed by atoms with van der Waals surface area (Å²) in [6.45, 7) is 12.4. The largest absolute Gasteiger partial charge is 0.444 e. The van der Waals surface area contributed by atoms with E-state index in [1.165, 1.54) is 6.07 Å². The van der Waals surface area contributed by atoms with Crippen molar-refractivity contribution in [3.8, 4) is 0 Å². The van der Waals surface area contributed by atoms with E-state index in [0.717, 1.165) is 5.56 Å². The van der Waals surface area contributed by atoms with E-state index in [2.05, 4.69) is 24.5 Å². The summed E-state index contributed by atoms with van der Waals surface area (Å²) in [4.78, 5) is 11.7. The number of carbonyl (C=O) groups excluding carboxylic acids is 1. The Hall–Kier alpha value is -1.62. The molecule has 5 heteroatoms. The third-order valence-corrected chi connectivity index (χ3v) is 3.43. The first-order valence-electron chi connectivity index (χ1n) is 8.04. The van der Waals surface area contributed by atoms with E-state index in [1.807, 2.05) is 33.8 Å². The highest BCUT2D eigenvalue weighted by atomic mass is 19.1. The summed E-state index contributed by atoms with van der Waals surface area (Å²) >= 11 is 0. The summed E-state index contributed by atoms with van der Waals surface area (Å²) in [6.07, 6.45) is -0.438. The lowest BCUT2D eigenvalue weighted by Crippen LogP contribution is -2.45. The second kappa shape index (κ2) is 8.29. The third kappa shape index (κ3) is 7.46. The van der Waals surface area contributed by atoms with Crippen LogP contribution < -0.4 is 10.6 Å². The minimum Gasteiger partial charge on any atom is -0.444 e. The number of carbonyl (C=O) groups is 1. The standard InChI is InChI=1S/C18H29FN2O2/c1-12(2)16(11-21-17(22)23-18(4,5)6)20-10-14-9-13(3)7-8-15(14)19/h7-9,12,16,20H,10-11H2,1-6H3,(H,21,22). The Morgan fingerprint density at radius 3 is 2.52 bits per heavy atom. The van der Waals surface area contributed by atoms with E-state index in [1.54, 1.807) is 6.07 Å². The van der Waals surface area contributed by atoms with Crippen molar-refractivity contribution >= 4 is 6.09 Å². The van der Waals surface area contributed by atoms with Crippen LogP contribution >= 0.6 is 0 Å². The topological polar surface area (TPSA) is 50.4 Å². The molecule has 130 valence electrons. The number of ether oxygens (including phenoxy) is 1. The molecule has 23 heavy (non-hydrogen) atoms. The molecule has 0 spiro atoms. The maximum atomic E-state index is 13.8. The number of aryl methyl sites for hydroxylation is 1. The number of benzene rings is 1. The zero-order valence-electron chi connectivity index (χ0n) is 15.0. The van der Waals surface area contributed by atoms with Crippen molar-refractivity contribution in [3.63, 3.8) is 0 Å². The quantitative estimate of drug-likeness (QED) is 0.837. The van der Waals surface area contributed by atoms with Gasteiger partial charge in [-0.3, -0.25) is 0 Å². The molecule has 1 atom stereocenters. The molecule has 2 N–H and O–H groups in total. The number of hydrogen-bond donors (Lipinski definition) is 2. The summed E-state index contributed by atoms with van der Waals surface area (Å²) in [5.41, 5.74) is 1.14. The molecule has 0 aliphatic heterocycles. The van der Waals surface area contributed by atoms with Gasteiger partial charge in [0.05, 0.1) is 0 Å². The molecule has 0 aliphatic rings. The van der Waals surface area contributed by atoms with Crippen LogP contribution in [0.15, 0.2) is 18.2 Å². The van der Waals surface area contributed by atoms with Gasteiger partial charge in [-0.2, -0.15) is 0 Å². The van der Waals surface area contributed by atoms with Crippen LogP contribution in [0, 0.1) is 18.7 Å². The van der Waals surface area contributed by atoms with Gasteiger partial charge < -0.3 is 15.4 Å². The van der Waals surface area contributed by atoms with Crippen molar-refractivity contribution in [2.45, 2.75) is 59.7 Å². The van der Waals surface area contributed by atoms with E-state index < -0.39 is 11.7 Å². The molecule has 1 amide bonds. The second-order valence-corrected chi connectivity index (χ2v) is 7.21. The highest BCUT2D eigenvalue weighted by Crippen LogP contribution is 2.11. The molecule has 0 aliphatic carbocycles. The van der Waals surface area contributed by atoms with Crippen LogP contribution in [0.4, 0.5) is 9.18 Å². The molecule has 1 rings (SSSR count). The van der Waals surface area contributed by atoms with Gasteiger partial charge in [0.15, 0.2) is 0 Å². The molecule has 0 radical (unpaired) electrons. The molecular weight excluding hydrogens is 295 g/mol. The van der Waals surface area contributed by atoms with Crippen LogP contribution in [-0.2, 0) is 11.3 Å². The fourth-order valence-corrected chi connectivity index (χ4v) is 2.13. The Labute approximate surface area is 138 Å². The molecule has 0 saturated heterocycles. The minimum absolute atomic E-state index is 0.0300. The number of rotatable bonds is 6. The van der Waals surface area contributed by atoms with Gasteiger partial charge >= 0.3 is 6.09 Å². The highest BCUT2D eigenvalue weighted by molar-refractivity contribution is 5.67. The van der Waals surface area contributed by atoms with Crippen LogP contribution in [0.5, 0.6) is 0 Å². The maximum Gasteiger partial charge on any atom is 0.407 e. The smallest absolute Gasteiger partial charge is 0.407 e. The first-order chi connectivity index (χ1) is 10.6. The van der Waals surface area contributed by atoms with Crippen LogP contribution in [0.2, 0.25) is 0 Å². The number of alkyl carbamates (subject to hydrolysis) is 1. The lowest BCUT2D eigenvalue weighted by Gasteiger charge is -2.25. The van der Waals surface area contributed by atoms with E-state index in [9.17, 15) is 9.18 Å². The Balaban J connectivity index is 2.56. The first kappa shape index (κ1) is 19.4. The minimum atomic E-state index is -0.518. The molecule has 0 fully saturated rings. The van der Waals surface area contributed by atoms with Crippen LogP contribution in [0.3, 0.4) is 0 Å². The van der Waals surface area contributed by atoms with Crippen LogP contribution in [0.25, 0.3) is 0 Å². The van der Waals surface area contributed by atoms with Crippen molar-refractivity contribution in [1.82, 2.24) is 10.6 Å². The predicted octanol–water partition coefficient (Wildman–Crippen LogP) is 3.77. The molecule has 1 aromatic rings. The van der Waals surface area contributed by atoms with Gasteiger partial charge in [-0.25, -0.2) is 9.18 Å². The molecule has 1 aromatic carbocycles. The van der Waals surface area contributed by atoms with Crippen molar-refractivity contribution in [3.05, 3.63) is 35.1 Å². The lowest BCUT2D eigenvalue weighted by molar-refractivity contribution is 0.0519. The average molecular weight is 324 g/mol. The lowest BCUT2D eigenvalue weighted by atomic mass is 10.0. The van der Waals surface area contributed by atoms with Crippen molar-refractivity contribution in [1.29, 1.82) is 0 Å². The van der Waals surface area contributed by atoms with Gasteiger partial charge in [-0.15, -0.1) is 0 Å². The highest BCUT2D eigenvalue weighted by Gasteiger charge is 2.19. The van der Waals surface area contributed by atoms with E-state index >= 15 is 0 Å². The molecule has 0 bridgehead atoms. The van der Waals surface area contributed by atoms with Crippen molar-refractivity contribution in [2.24, 2.45) is 5.92 Å². The van der Waals surface area contributed by atoms with Gasteiger partial charge in [0.2, 0.25) is 0 Å². The Morgan fingerprint density at radius 2 is 1.96 bits per heavy atom. The fourth-order valence-electron chi connectivity index (χ4n) is 2.13. The monoisotopic (exact) mass is 324 g/mol. The summed E-state index contributed by atoms with van der Waals surface area (Å²) in [5.74, 6) is 0.0727. The van der Waals surface area contributed by atoms with E-state index in [0.29, 0.717) is 18.7 Å². The van der Waals surface area contributed by atoms with Crippen molar-refractivity contribution in [2.75, 3.05) is 6.54 Å². The number of nitrogens with one attached hydrogen (secondary N) is 2. The number of halogens is 1. The maximum absolute atomic E-state index is 13.8. The molecule has 0 saturated carbocycles. The Morgan fingerprint density at radius 1 is 1.30 bits per heavy atom. The molecule has 1 unspecified atom stereocenters. The van der Waals surface area contributed by atoms with Gasteiger partial charge in [0, 0.05) is 24.7 Å². The Bertz CT molecular complexity index is 524. The molecule has 0 heterocycles. The Kier molecular flexibility index (Phi) is 7.01. The van der Waals surface area contributed by atoms with Gasteiger partial charge in [0.25, 0.3) is 0 Å². The van der Waals surface area contributed by atoms with E-state index in [-0.39, 0.29) is 17.8 Å². The predicted molar refractivity (Wildman–Crippen MR) is 90.8 cm³/mol. The zero-order valence-corrected chi connectivity index (χ0v) is 15.0. The fraction of sp³-hybridized carbons (Fsp3) is 0.611. The molecule has 0 aromatic heterocycles. The summed E-state index contributed by atoms with van der Waals surface area (Å²) in [7, 11) is 0. The van der Waals surface area contributed by atoms with Crippen LogP contribution in [0.1, 0.15) is 45.7 Å². The molecule has 4 nitrogen and oxygen atoms in total. The summed E-state index contributed by atoms with van der Waals surface area (Å²) < 4.78 is 19.0. The first-order valence-corrected chi connectivity index (χ1v) is 8.04. The van der Waals surface area contributed by atoms with E-state index in [4.69, 9.17) is 4.74 Å². The summed E-state index contributed by atoms with van der Waals surface area (Å²) in [5, 5.41) is 6.08. The number of amides is 1. The van der Waals surface area contributed by atoms with Gasteiger partial charge in [-0.05, 0) is 39.7 Å². The second-order valence-electron chi connectivity index (χ2n) is 7.21. The van der Waals surface area contributed by atoms with Crippen LogP contribution in [-0.4, -0.2) is 24.3 Å². The van der Waals surface area contributed by atoms with Gasteiger partial charge in [0.1, 0.15) is 11.4 Å².